The standard InChI is InChI=1S/C17H17N5O2S/c23-17(14-9-22(20-19-14)12-5-6-24-10-12)21-7-11(8-21)16-18-13-3-1-2-4-15(13)25-16/h1-4,9,11-12H,5-8,10H2. The molecule has 7 nitrogen and oxygen atoms in total. The Morgan fingerprint density at radius 3 is 2.96 bits per heavy atom. The highest BCUT2D eigenvalue weighted by Crippen LogP contribution is 2.33. The van der Waals surface area contributed by atoms with E-state index in [1.807, 2.05) is 23.1 Å². The zero-order valence-electron chi connectivity index (χ0n) is 13.5. The first kappa shape index (κ1) is 15.0. The van der Waals surface area contributed by atoms with Gasteiger partial charge in [0.15, 0.2) is 5.69 Å². The molecule has 2 fully saturated rings. The number of fused-ring (bicyclic) bond motifs is 1. The van der Waals surface area contributed by atoms with Crippen molar-refractivity contribution in [1.29, 1.82) is 0 Å². The summed E-state index contributed by atoms with van der Waals surface area (Å²) >= 11 is 1.72. The molecule has 128 valence electrons. The predicted octanol–water partition coefficient (Wildman–Crippen LogP) is 2.09. The van der Waals surface area contributed by atoms with Crippen LogP contribution in [0.2, 0.25) is 0 Å². The molecule has 0 bridgehead atoms. The molecule has 1 atom stereocenters. The van der Waals surface area contributed by atoms with Gasteiger partial charge in [-0.2, -0.15) is 0 Å². The van der Waals surface area contributed by atoms with E-state index in [-0.39, 0.29) is 11.9 Å². The number of nitrogens with zero attached hydrogens (tertiary/aromatic N) is 5. The number of carbonyl (C=O) groups excluding carboxylic acids is 1. The van der Waals surface area contributed by atoms with Crippen molar-refractivity contribution in [3.05, 3.63) is 41.2 Å². The van der Waals surface area contributed by atoms with Crippen LogP contribution in [0.3, 0.4) is 0 Å². The number of hydrogen-bond donors (Lipinski definition) is 0. The van der Waals surface area contributed by atoms with Crippen LogP contribution in [-0.2, 0) is 4.74 Å². The SMILES string of the molecule is O=C(c1cn(C2CCOC2)nn1)N1CC(c2nc3ccccc3s2)C1. The lowest BCUT2D eigenvalue weighted by atomic mass is 10.0. The fourth-order valence-electron chi connectivity index (χ4n) is 3.31. The van der Waals surface area contributed by atoms with Crippen molar-refractivity contribution in [2.75, 3.05) is 26.3 Å². The monoisotopic (exact) mass is 355 g/mol. The summed E-state index contributed by atoms with van der Waals surface area (Å²) in [6, 6.07) is 8.34. The quantitative estimate of drug-likeness (QED) is 0.719. The maximum atomic E-state index is 12.6. The minimum absolute atomic E-state index is 0.0532. The van der Waals surface area contributed by atoms with Gasteiger partial charge < -0.3 is 9.64 Å². The van der Waals surface area contributed by atoms with Gasteiger partial charge >= 0.3 is 0 Å². The first-order valence-electron chi connectivity index (χ1n) is 8.42. The van der Waals surface area contributed by atoms with E-state index < -0.39 is 0 Å². The van der Waals surface area contributed by atoms with E-state index >= 15 is 0 Å². The van der Waals surface area contributed by atoms with Gasteiger partial charge in [0.1, 0.15) is 5.01 Å². The Bertz CT molecular complexity index is 891. The molecule has 4 heterocycles. The van der Waals surface area contributed by atoms with Crippen LogP contribution in [0, 0.1) is 0 Å². The van der Waals surface area contributed by atoms with E-state index in [1.165, 1.54) is 4.70 Å². The molecule has 25 heavy (non-hydrogen) atoms. The first-order chi connectivity index (χ1) is 12.3. The van der Waals surface area contributed by atoms with Crippen LogP contribution in [-0.4, -0.2) is 57.1 Å². The number of thiazole rings is 1. The second-order valence-corrected chi connectivity index (χ2v) is 7.59. The largest absolute Gasteiger partial charge is 0.379 e. The lowest BCUT2D eigenvalue weighted by molar-refractivity contribution is 0.0596. The van der Waals surface area contributed by atoms with Gasteiger partial charge in [-0.05, 0) is 18.6 Å². The fourth-order valence-corrected chi connectivity index (χ4v) is 4.36. The van der Waals surface area contributed by atoms with Crippen LogP contribution >= 0.6 is 11.3 Å². The Morgan fingerprint density at radius 1 is 1.28 bits per heavy atom. The smallest absolute Gasteiger partial charge is 0.276 e. The zero-order chi connectivity index (χ0) is 16.8. The lowest BCUT2D eigenvalue weighted by Gasteiger charge is -2.37. The van der Waals surface area contributed by atoms with Crippen LogP contribution in [0.4, 0.5) is 0 Å². The third kappa shape index (κ3) is 2.61. The summed E-state index contributed by atoms with van der Waals surface area (Å²) in [6.07, 6.45) is 2.66. The molecule has 0 saturated carbocycles. The molecule has 3 aromatic rings. The van der Waals surface area contributed by atoms with Crippen molar-refractivity contribution in [2.45, 2.75) is 18.4 Å². The lowest BCUT2D eigenvalue weighted by Crippen LogP contribution is -2.48. The van der Waals surface area contributed by atoms with Crippen LogP contribution in [0.15, 0.2) is 30.5 Å². The highest BCUT2D eigenvalue weighted by atomic mass is 32.1. The Morgan fingerprint density at radius 2 is 2.16 bits per heavy atom. The molecular weight excluding hydrogens is 338 g/mol. The van der Waals surface area contributed by atoms with Crippen molar-refractivity contribution in [2.24, 2.45) is 0 Å². The van der Waals surface area contributed by atoms with Gasteiger partial charge in [0, 0.05) is 25.6 Å². The normalized spacial score (nSPS) is 21.0. The van der Waals surface area contributed by atoms with Gasteiger partial charge in [-0.3, -0.25) is 4.79 Å². The molecule has 1 amide bonds. The van der Waals surface area contributed by atoms with E-state index in [9.17, 15) is 4.79 Å². The van der Waals surface area contributed by atoms with Crippen molar-refractivity contribution in [3.8, 4) is 0 Å². The number of aromatic nitrogens is 4. The summed E-state index contributed by atoms with van der Waals surface area (Å²) in [4.78, 5) is 19.1. The molecule has 2 aromatic heterocycles. The third-order valence-corrected chi connectivity index (χ3v) is 6.04. The molecule has 2 aliphatic rings. The molecule has 0 radical (unpaired) electrons. The van der Waals surface area contributed by atoms with Crippen molar-refractivity contribution < 1.29 is 9.53 Å². The second-order valence-electron chi connectivity index (χ2n) is 6.53. The number of benzene rings is 1. The minimum Gasteiger partial charge on any atom is -0.379 e. The number of para-hydroxylation sites is 1. The van der Waals surface area contributed by atoms with Crippen LogP contribution < -0.4 is 0 Å². The van der Waals surface area contributed by atoms with E-state index in [0.29, 0.717) is 31.3 Å². The highest BCUT2D eigenvalue weighted by Gasteiger charge is 2.35. The van der Waals surface area contributed by atoms with Gasteiger partial charge in [0.2, 0.25) is 0 Å². The van der Waals surface area contributed by atoms with Gasteiger partial charge in [0.05, 0.1) is 29.1 Å². The first-order valence-corrected chi connectivity index (χ1v) is 9.24. The number of likely N-dealkylation sites (tertiary alicyclic amines) is 1. The number of hydrogen-bond acceptors (Lipinski definition) is 6. The molecule has 8 heteroatoms. The van der Waals surface area contributed by atoms with Crippen molar-refractivity contribution in [1.82, 2.24) is 24.9 Å². The molecule has 2 saturated heterocycles. The Balaban J connectivity index is 1.26. The van der Waals surface area contributed by atoms with Gasteiger partial charge in [-0.15, -0.1) is 16.4 Å². The molecule has 2 aliphatic heterocycles. The maximum absolute atomic E-state index is 12.6. The van der Waals surface area contributed by atoms with Crippen LogP contribution in [0.5, 0.6) is 0 Å². The number of carbonyl (C=O) groups is 1. The summed E-state index contributed by atoms with van der Waals surface area (Å²) in [5, 5.41) is 9.25. The molecule has 0 N–H and O–H groups in total. The summed E-state index contributed by atoms with van der Waals surface area (Å²) in [6.45, 7) is 2.76. The fraction of sp³-hybridized carbons (Fsp3) is 0.412. The van der Waals surface area contributed by atoms with Crippen molar-refractivity contribution in [3.63, 3.8) is 0 Å². The summed E-state index contributed by atoms with van der Waals surface area (Å²) in [5.41, 5.74) is 1.45. The summed E-state index contributed by atoms with van der Waals surface area (Å²) in [7, 11) is 0. The Kier molecular flexibility index (Phi) is 3.53. The number of ether oxygens (including phenoxy) is 1. The zero-order valence-corrected chi connectivity index (χ0v) is 14.4. The van der Waals surface area contributed by atoms with E-state index in [4.69, 9.17) is 9.72 Å². The highest BCUT2D eigenvalue weighted by molar-refractivity contribution is 7.18. The van der Waals surface area contributed by atoms with Crippen LogP contribution in [0.1, 0.15) is 33.9 Å². The van der Waals surface area contributed by atoms with E-state index in [0.717, 1.165) is 23.6 Å². The van der Waals surface area contributed by atoms with Gasteiger partial charge in [0.25, 0.3) is 5.91 Å². The Hall–Kier alpha value is -2.32. The molecule has 1 aromatic carbocycles. The molecule has 0 aliphatic carbocycles. The average molecular weight is 355 g/mol. The molecule has 1 unspecified atom stereocenters. The number of rotatable bonds is 3. The molecule has 0 spiro atoms. The molecular formula is C17H17N5O2S. The topological polar surface area (TPSA) is 73.1 Å². The molecule has 5 rings (SSSR count). The predicted molar refractivity (Wildman–Crippen MR) is 92.8 cm³/mol. The third-order valence-electron chi connectivity index (χ3n) is 4.84. The van der Waals surface area contributed by atoms with E-state index in [1.54, 1.807) is 22.2 Å². The summed E-state index contributed by atoms with van der Waals surface area (Å²) < 4.78 is 8.31. The summed E-state index contributed by atoms with van der Waals surface area (Å²) in [5.74, 6) is 0.266. The number of amides is 1. The van der Waals surface area contributed by atoms with E-state index in [2.05, 4.69) is 16.4 Å². The van der Waals surface area contributed by atoms with Crippen LogP contribution in [0.25, 0.3) is 10.2 Å². The second kappa shape index (κ2) is 5.89. The maximum Gasteiger partial charge on any atom is 0.276 e. The van der Waals surface area contributed by atoms with Crippen molar-refractivity contribution >= 4 is 27.5 Å². The average Bonchev–Trinajstić information content (AvgIpc) is 3.32. The minimum atomic E-state index is -0.0532. The van der Waals surface area contributed by atoms with Gasteiger partial charge in [-0.1, -0.05) is 17.3 Å². The van der Waals surface area contributed by atoms with Gasteiger partial charge in [-0.25, -0.2) is 9.67 Å². The Labute approximate surface area is 148 Å².